The molecule has 0 amide bonds. The maximum Gasteiger partial charge on any atom is 0.390 e. The third kappa shape index (κ3) is 4.95. The molecule has 1 aliphatic rings. The Morgan fingerprint density at radius 3 is 2.11 bits per heavy atom. The molecule has 0 bridgehead atoms. The van der Waals surface area contributed by atoms with Crippen LogP contribution < -0.4 is 5.32 Å². The summed E-state index contributed by atoms with van der Waals surface area (Å²) in [7, 11) is 0. The minimum atomic E-state index is -4.08. The smallest absolute Gasteiger partial charge is 0.311 e. The van der Waals surface area contributed by atoms with E-state index in [9.17, 15) is 13.2 Å². The van der Waals surface area contributed by atoms with Gasteiger partial charge >= 0.3 is 6.18 Å². The average Bonchev–Trinajstić information content (AvgIpc) is 2.25. The predicted molar refractivity (Wildman–Crippen MR) is 72.1 cm³/mol. The Bertz CT molecular complexity index is 276. The van der Waals surface area contributed by atoms with Crippen molar-refractivity contribution in [3.05, 3.63) is 0 Å². The fraction of sp³-hybridized carbons (Fsp3) is 1.00. The summed E-state index contributed by atoms with van der Waals surface area (Å²) in [5, 5.41) is 3.47. The molecule has 0 aromatic rings. The molecule has 0 saturated carbocycles. The summed E-state index contributed by atoms with van der Waals surface area (Å²) in [6.45, 7) is 11.6. The molecule has 1 N–H and O–H groups in total. The lowest BCUT2D eigenvalue weighted by atomic mass is 9.92. The Kier molecular flexibility index (Phi) is 5.68. The van der Waals surface area contributed by atoms with Crippen LogP contribution in [0.5, 0.6) is 0 Å². The van der Waals surface area contributed by atoms with E-state index < -0.39 is 18.6 Å². The van der Waals surface area contributed by atoms with Crippen molar-refractivity contribution in [3.63, 3.8) is 0 Å². The standard InChI is InChI=1S/C14H27F3N2/c1-9(2)12-8-19(11(5)6-14(15,16)17)13(7-18-12)10(3)4/h9-13,18H,6-8H2,1-5H3. The van der Waals surface area contributed by atoms with Crippen molar-refractivity contribution in [3.8, 4) is 0 Å². The van der Waals surface area contributed by atoms with E-state index in [1.165, 1.54) is 0 Å². The highest BCUT2D eigenvalue weighted by Crippen LogP contribution is 2.28. The quantitative estimate of drug-likeness (QED) is 0.850. The summed E-state index contributed by atoms with van der Waals surface area (Å²) in [6.07, 6.45) is -4.81. The van der Waals surface area contributed by atoms with Crippen molar-refractivity contribution in [2.45, 2.75) is 65.3 Å². The van der Waals surface area contributed by atoms with Crippen LogP contribution in [-0.2, 0) is 0 Å². The van der Waals surface area contributed by atoms with Crippen LogP contribution in [-0.4, -0.2) is 42.3 Å². The maximum atomic E-state index is 12.6. The number of hydrogen-bond acceptors (Lipinski definition) is 2. The van der Waals surface area contributed by atoms with Gasteiger partial charge in [0.2, 0.25) is 0 Å². The van der Waals surface area contributed by atoms with Gasteiger partial charge in [-0.3, -0.25) is 4.90 Å². The van der Waals surface area contributed by atoms with E-state index in [0.29, 0.717) is 18.4 Å². The largest absolute Gasteiger partial charge is 0.390 e. The third-order valence-electron chi connectivity index (χ3n) is 4.09. The fourth-order valence-electron chi connectivity index (χ4n) is 2.84. The van der Waals surface area contributed by atoms with Gasteiger partial charge in [0, 0.05) is 31.2 Å². The van der Waals surface area contributed by atoms with Gasteiger partial charge < -0.3 is 5.32 Å². The molecule has 3 unspecified atom stereocenters. The van der Waals surface area contributed by atoms with Crippen LogP contribution in [0.4, 0.5) is 13.2 Å². The molecule has 1 rings (SSSR count). The van der Waals surface area contributed by atoms with Gasteiger partial charge in [-0.05, 0) is 18.8 Å². The van der Waals surface area contributed by atoms with Crippen molar-refractivity contribution in [1.29, 1.82) is 0 Å². The second-order valence-corrected chi connectivity index (χ2v) is 6.44. The first-order valence-corrected chi connectivity index (χ1v) is 7.17. The van der Waals surface area contributed by atoms with Gasteiger partial charge in [0.05, 0.1) is 6.42 Å². The molecule has 2 nitrogen and oxygen atoms in total. The number of halogens is 3. The molecule has 0 spiro atoms. The van der Waals surface area contributed by atoms with Crippen molar-refractivity contribution in [2.24, 2.45) is 11.8 Å². The van der Waals surface area contributed by atoms with Crippen LogP contribution in [0.2, 0.25) is 0 Å². The third-order valence-corrected chi connectivity index (χ3v) is 4.09. The predicted octanol–water partition coefficient (Wildman–Crippen LogP) is 3.28. The molecule has 3 atom stereocenters. The van der Waals surface area contributed by atoms with Gasteiger partial charge in [0.1, 0.15) is 0 Å². The number of nitrogens with zero attached hydrogens (tertiary/aromatic N) is 1. The molecular weight excluding hydrogens is 253 g/mol. The lowest BCUT2D eigenvalue weighted by Gasteiger charge is -2.46. The Hall–Kier alpha value is -0.290. The van der Waals surface area contributed by atoms with Gasteiger partial charge in [0.15, 0.2) is 0 Å². The van der Waals surface area contributed by atoms with Crippen molar-refractivity contribution in [1.82, 2.24) is 10.2 Å². The number of hydrogen-bond donors (Lipinski definition) is 1. The lowest BCUT2D eigenvalue weighted by molar-refractivity contribution is -0.150. The van der Waals surface area contributed by atoms with Crippen LogP contribution in [0.25, 0.3) is 0 Å². The van der Waals surface area contributed by atoms with E-state index in [-0.39, 0.29) is 12.1 Å². The van der Waals surface area contributed by atoms with Gasteiger partial charge in [-0.15, -0.1) is 0 Å². The van der Waals surface area contributed by atoms with E-state index in [0.717, 1.165) is 6.54 Å². The van der Waals surface area contributed by atoms with Gasteiger partial charge in [-0.25, -0.2) is 0 Å². The molecule has 0 aromatic carbocycles. The Morgan fingerprint density at radius 2 is 1.68 bits per heavy atom. The van der Waals surface area contributed by atoms with Gasteiger partial charge in [-0.1, -0.05) is 27.7 Å². The molecule has 5 heteroatoms. The fourth-order valence-corrected chi connectivity index (χ4v) is 2.84. The molecule has 1 fully saturated rings. The summed E-state index contributed by atoms with van der Waals surface area (Å²) in [6, 6.07) is 0.0220. The molecule has 0 radical (unpaired) electrons. The minimum absolute atomic E-state index is 0.187. The van der Waals surface area contributed by atoms with E-state index in [1.807, 2.05) is 0 Å². The van der Waals surface area contributed by atoms with E-state index in [4.69, 9.17) is 0 Å². The second-order valence-electron chi connectivity index (χ2n) is 6.44. The zero-order chi connectivity index (χ0) is 14.8. The molecule has 1 heterocycles. The monoisotopic (exact) mass is 280 g/mol. The highest BCUT2D eigenvalue weighted by atomic mass is 19.4. The number of rotatable bonds is 4. The lowest BCUT2D eigenvalue weighted by Crippen LogP contribution is -2.62. The highest BCUT2D eigenvalue weighted by molar-refractivity contribution is 4.91. The first-order chi connectivity index (χ1) is 8.61. The van der Waals surface area contributed by atoms with Crippen LogP contribution >= 0.6 is 0 Å². The van der Waals surface area contributed by atoms with Crippen molar-refractivity contribution in [2.75, 3.05) is 13.1 Å². The second kappa shape index (κ2) is 6.44. The normalized spacial score (nSPS) is 28.1. The zero-order valence-corrected chi connectivity index (χ0v) is 12.6. The molecule has 19 heavy (non-hydrogen) atoms. The zero-order valence-electron chi connectivity index (χ0n) is 12.6. The van der Waals surface area contributed by atoms with Gasteiger partial charge in [-0.2, -0.15) is 13.2 Å². The Balaban J connectivity index is 2.76. The first-order valence-electron chi connectivity index (χ1n) is 7.17. The summed E-state index contributed by atoms with van der Waals surface area (Å²) >= 11 is 0. The highest BCUT2D eigenvalue weighted by Gasteiger charge is 2.38. The van der Waals surface area contributed by atoms with Crippen LogP contribution in [0.15, 0.2) is 0 Å². The molecule has 1 aliphatic heterocycles. The Labute approximate surface area is 114 Å². The molecule has 0 aromatic heterocycles. The minimum Gasteiger partial charge on any atom is -0.311 e. The summed E-state index contributed by atoms with van der Waals surface area (Å²) in [5.41, 5.74) is 0. The number of alkyl halides is 3. The summed E-state index contributed by atoms with van der Waals surface area (Å²) < 4.78 is 37.8. The first kappa shape index (κ1) is 16.8. The van der Waals surface area contributed by atoms with Crippen LogP contribution in [0.1, 0.15) is 41.0 Å². The van der Waals surface area contributed by atoms with Crippen LogP contribution in [0, 0.1) is 11.8 Å². The average molecular weight is 280 g/mol. The van der Waals surface area contributed by atoms with Gasteiger partial charge in [0.25, 0.3) is 0 Å². The number of nitrogens with one attached hydrogen (secondary N) is 1. The SMILES string of the molecule is CC(C)C1CN(C(C)CC(F)(F)F)C(C(C)C)CN1. The van der Waals surface area contributed by atoms with Crippen LogP contribution in [0.3, 0.4) is 0 Å². The maximum absolute atomic E-state index is 12.6. The van der Waals surface area contributed by atoms with Crippen molar-refractivity contribution < 1.29 is 13.2 Å². The molecular formula is C14H27F3N2. The molecule has 1 saturated heterocycles. The van der Waals surface area contributed by atoms with Crippen molar-refractivity contribution >= 4 is 0 Å². The number of piperazine rings is 1. The van der Waals surface area contributed by atoms with E-state index in [2.05, 4.69) is 37.9 Å². The molecule has 114 valence electrons. The summed E-state index contributed by atoms with van der Waals surface area (Å²) in [4.78, 5) is 2.05. The Morgan fingerprint density at radius 1 is 1.11 bits per heavy atom. The molecule has 0 aliphatic carbocycles. The van der Waals surface area contributed by atoms with E-state index in [1.54, 1.807) is 6.92 Å². The van der Waals surface area contributed by atoms with E-state index >= 15 is 0 Å². The summed E-state index contributed by atoms with van der Waals surface area (Å²) in [5.74, 6) is 0.796. The topological polar surface area (TPSA) is 15.3 Å².